The highest BCUT2D eigenvalue weighted by Crippen LogP contribution is 2.04. The van der Waals surface area contributed by atoms with Gasteiger partial charge < -0.3 is 25.2 Å². The summed E-state index contributed by atoms with van der Waals surface area (Å²) in [6.07, 6.45) is 1.39. The van der Waals surface area contributed by atoms with Gasteiger partial charge in [0.1, 0.15) is 0 Å². The van der Waals surface area contributed by atoms with E-state index in [-0.39, 0.29) is 12.8 Å². The highest BCUT2D eigenvalue weighted by atomic mass is 16.7. The van der Waals surface area contributed by atoms with E-state index in [1.54, 1.807) is 13.8 Å². The molecule has 1 rings (SSSR count). The summed E-state index contributed by atoms with van der Waals surface area (Å²) in [5.74, 6) is -1.49. The second-order valence-electron chi connectivity index (χ2n) is 2.80. The van der Waals surface area contributed by atoms with Crippen LogP contribution in [0.1, 0.15) is 26.7 Å². The Morgan fingerprint density at radius 3 is 1.29 bits per heavy atom. The molecule has 0 aromatic carbocycles. The van der Waals surface area contributed by atoms with E-state index in [4.69, 9.17) is 20.4 Å². The molecule has 2 atom stereocenters. The van der Waals surface area contributed by atoms with Gasteiger partial charge in [-0.05, 0) is 12.2 Å². The number of carboxylic acids is 2. The van der Waals surface area contributed by atoms with Gasteiger partial charge in [0, 0.05) is 12.8 Å². The number of aliphatic carboxylic acids is 2. The van der Waals surface area contributed by atoms with Crippen LogP contribution in [0.3, 0.4) is 0 Å². The van der Waals surface area contributed by atoms with Gasteiger partial charge in [-0.3, -0.25) is 9.59 Å². The average Bonchev–Trinajstić information content (AvgIpc) is 2.64. The Morgan fingerprint density at radius 1 is 1.00 bits per heavy atom. The van der Waals surface area contributed by atoms with Crippen molar-refractivity contribution in [3.05, 3.63) is 12.2 Å². The molecule has 0 aromatic heterocycles. The van der Waals surface area contributed by atoms with Gasteiger partial charge in [-0.1, -0.05) is 13.8 Å². The Labute approximate surface area is 99.0 Å². The molecule has 100 valence electrons. The summed E-state index contributed by atoms with van der Waals surface area (Å²) in [6, 6.07) is 0. The van der Waals surface area contributed by atoms with Crippen LogP contribution in [0.25, 0.3) is 0 Å². The van der Waals surface area contributed by atoms with Crippen LogP contribution in [-0.2, 0) is 14.3 Å². The maximum absolute atomic E-state index is 9.37. The van der Waals surface area contributed by atoms with E-state index >= 15 is 0 Å². The molecular formula is C10H18O7. The lowest BCUT2D eigenvalue weighted by Crippen LogP contribution is -2.09. The number of carboxylic acid groups (broad SMARTS) is 2. The molecule has 0 fully saturated rings. The predicted molar refractivity (Wildman–Crippen MR) is 58.1 cm³/mol. The highest BCUT2D eigenvalue weighted by Gasteiger charge is 2.11. The lowest BCUT2D eigenvalue weighted by Gasteiger charge is -2.00. The Balaban J connectivity index is 0. The molecule has 1 aliphatic rings. The molecule has 0 saturated heterocycles. The van der Waals surface area contributed by atoms with Crippen molar-refractivity contribution in [2.45, 2.75) is 39.3 Å². The van der Waals surface area contributed by atoms with Crippen LogP contribution in [0.2, 0.25) is 0 Å². The van der Waals surface area contributed by atoms with Crippen LogP contribution >= 0.6 is 0 Å². The van der Waals surface area contributed by atoms with E-state index in [1.807, 2.05) is 0 Å². The van der Waals surface area contributed by atoms with Gasteiger partial charge in [-0.25, -0.2) is 0 Å². The van der Waals surface area contributed by atoms with Crippen LogP contribution < -0.4 is 0 Å². The SMILES string of the molecule is CCC(=O)O.CCC(=O)O.OC1C=CC(O)O1. The molecule has 0 saturated carbocycles. The van der Waals surface area contributed by atoms with Crippen molar-refractivity contribution >= 4 is 11.9 Å². The van der Waals surface area contributed by atoms with Gasteiger partial charge in [0.2, 0.25) is 0 Å². The quantitative estimate of drug-likeness (QED) is 0.515. The summed E-state index contributed by atoms with van der Waals surface area (Å²) in [6.45, 7) is 3.20. The number of hydrogen-bond acceptors (Lipinski definition) is 5. The summed E-state index contributed by atoms with van der Waals surface area (Å²) in [7, 11) is 0. The van der Waals surface area contributed by atoms with E-state index in [2.05, 4.69) is 4.74 Å². The number of rotatable bonds is 2. The lowest BCUT2D eigenvalue weighted by molar-refractivity contribution is -0.147. The third kappa shape index (κ3) is 17.2. The monoisotopic (exact) mass is 250 g/mol. The van der Waals surface area contributed by atoms with Gasteiger partial charge in [0.05, 0.1) is 0 Å². The molecular weight excluding hydrogens is 232 g/mol. The Kier molecular flexibility index (Phi) is 11.7. The molecule has 7 nitrogen and oxygen atoms in total. The number of carbonyl (C=O) groups is 2. The fraction of sp³-hybridized carbons (Fsp3) is 0.600. The minimum atomic E-state index is -0.907. The van der Waals surface area contributed by atoms with Crippen LogP contribution in [0.15, 0.2) is 12.2 Å². The van der Waals surface area contributed by atoms with Crippen molar-refractivity contribution in [2.75, 3.05) is 0 Å². The third-order valence-electron chi connectivity index (χ3n) is 1.32. The second-order valence-corrected chi connectivity index (χ2v) is 2.80. The fourth-order valence-corrected chi connectivity index (χ4v) is 0.424. The van der Waals surface area contributed by atoms with Crippen LogP contribution in [-0.4, -0.2) is 44.9 Å². The maximum atomic E-state index is 9.37. The zero-order valence-electron chi connectivity index (χ0n) is 9.74. The largest absolute Gasteiger partial charge is 0.481 e. The lowest BCUT2D eigenvalue weighted by atomic mass is 10.5. The smallest absolute Gasteiger partial charge is 0.303 e. The summed E-state index contributed by atoms with van der Waals surface area (Å²) in [5.41, 5.74) is 0. The topological polar surface area (TPSA) is 124 Å². The molecule has 17 heavy (non-hydrogen) atoms. The van der Waals surface area contributed by atoms with Gasteiger partial charge in [-0.2, -0.15) is 0 Å². The first-order valence-electron chi connectivity index (χ1n) is 4.96. The minimum absolute atomic E-state index is 0.222. The molecule has 2 unspecified atom stereocenters. The molecule has 0 aliphatic carbocycles. The van der Waals surface area contributed by atoms with Crippen molar-refractivity contribution < 1.29 is 34.8 Å². The van der Waals surface area contributed by atoms with Crippen LogP contribution in [0, 0.1) is 0 Å². The summed E-state index contributed by atoms with van der Waals surface area (Å²) < 4.78 is 4.36. The average molecular weight is 250 g/mol. The number of hydrogen-bond donors (Lipinski definition) is 4. The zero-order chi connectivity index (χ0) is 13.8. The number of ether oxygens (including phenoxy) is 1. The normalized spacial score (nSPS) is 20.7. The molecule has 0 radical (unpaired) electrons. The van der Waals surface area contributed by atoms with Gasteiger partial charge in [0.15, 0.2) is 12.6 Å². The summed E-state index contributed by atoms with van der Waals surface area (Å²) >= 11 is 0. The Bertz CT molecular complexity index is 225. The van der Waals surface area contributed by atoms with Crippen molar-refractivity contribution in [3.63, 3.8) is 0 Å². The predicted octanol–water partition coefficient (Wildman–Crippen LogP) is 0.172. The first-order chi connectivity index (χ1) is 7.83. The third-order valence-corrected chi connectivity index (χ3v) is 1.32. The van der Waals surface area contributed by atoms with Gasteiger partial charge in [-0.15, -0.1) is 0 Å². The van der Waals surface area contributed by atoms with Crippen LogP contribution in [0.4, 0.5) is 0 Å². The van der Waals surface area contributed by atoms with Crippen molar-refractivity contribution in [3.8, 4) is 0 Å². The fourth-order valence-electron chi connectivity index (χ4n) is 0.424. The first kappa shape index (κ1) is 17.9. The Morgan fingerprint density at radius 2 is 1.24 bits per heavy atom. The van der Waals surface area contributed by atoms with Gasteiger partial charge >= 0.3 is 11.9 Å². The molecule has 1 aliphatic heterocycles. The zero-order valence-corrected chi connectivity index (χ0v) is 9.74. The molecule has 0 aromatic rings. The van der Waals surface area contributed by atoms with E-state index < -0.39 is 24.5 Å². The van der Waals surface area contributed by atoms with Crippen molar-refractivity contribution in [1.29, 1.82) is 0 Å². The van der Waals surface area contributed by atoms with Crippen LogP contribution in [0.5, 0.6) is 0 Å². The molecule has 0 amide bonds. The molecule has 1 heterocycles. The summed E-state index contributed by atoms with van der Waals surface area (Å²) in [5, 5.41) is 32.3. The van der Waals surface area contributed by atoms with E-state index in [1.165, 1.54) is 12.2 Å². The summed E-state index contributed by atoms with van der Waals surface area (Å²) in [4.78, 5) is 18.7. The standard InChI is InChI=1S/C4H6O3.2C3H6O2/c5-3-1-2-4(6)7-3;2*1-2-3(4)5/h1-6H;2*2H2,1H3,(H,4,5). The minimum Gasteiger partial charge on any atom is -0.481 e. The molecule has 0 spiro atoms. The molecule has 0 bridgehead atoms. The van der Waals surface area contributed by atoms with E-state index in [9.17, 15) is 9.59 Å². The first-order valence-corrected chi connectivity index (χ1v) is 4.96. The molecule has 4 N–H and O–H groups in total. The van der Waals surface area contributed by atoms with Crippen molar-refractivity contribution in [2.24, 2.45) is 0 Å². The van der Waals surface area contributed by atoms with Gasteiger partial charge in [0.25, 0.3) is 0 Å². The number of aliphatic hydroxyl groups is 2. The maximum Gasteiger partial charge on any atom is 0.303 e. The highest BCUT2D eigenvalue weighted by molar-refractivity contribution is 5.66. The van der Waals surface area contributed by atoms with Crippen molar-refractivity contribution in [1.82, 2.24) is 0 Å². The van der Waals surface area contributed by atoms with E-state index in [0.717, 1.165) is 0 Å². The number of aliphatic hydroxyl groups excluding tert-OH is 2. The Hall–Kier alpha value is -1.44. The van der Waals surface area contributed by atoms with E-state index in [0.29, 0.717) is 0 Å². The second kappa shape index (κ2) is 11.1. The molecule has 7 heteroatoms.